The first-order valence-electron chi connectivity index (χ1n) is 28.8. The third kappa shape index (κ3) is 51.3. The highest BCUT2D eigenvalue weighted by Crippen LogP contribution is 2.16. The van der Waals surface area contributed by atoms with Crippen LogP contribution in [0.15, 0.2) is 36.5 Å². The molecule has 382 valence electrons. The zero-order chi connectivity index (χ0) is 47.2. The van der Waals surface area contributed by atoms with E-state index in [1.54, 1.807) is 6.08 Å². The van der Waals surface area contributed by atoms with E-state index >= 15 is 0 Å². The molecule has 0 heterocycles. The fourth-order valence-corrected chi connectivity index (χ4v) is 8.68. The molecule has 0 aliphatic carbocycles. The van der Waals surface area contributed by atoms with Gasteiger partial charge in [0, 0.05) is 12.8 Å². The largest absolute Gasteiger partial charge is 0.466 e. The first-order chi connectivity index (χ1) is 32.0. The zero-order valence-corrected chi connectivity index (χ0v) is 43.5. The summed E-state index contributed by atoms with van der Waals surface area (Å²) in [6.45, 7) is 4.88. The molecule has 0 saturated carbocycles. The fourth-order valence-electron chi connectivity index (χ4n) is 8.68. The highest BCUT2D eigenvalue weighted by molar-refractivity contribution is 5.76. The third-order valence-electron chi connectivity index (χ3n) is 13.1. The first-order valence-corrected chi connectivity index (χ1v) is 28.8. The molecule has 0 radical (unpaired) electrons. The van der Waals surface area contributed by atoms with E-state index in [9.17, 15) is 19.8 Å². The number of unbranched alkanes of at least 4 members (excludes halogenated alkanes) is 38. The summed E-state index contributed by atoms with van der Waals surface area (Å²) >= 11 is 0. The van der Waals surface area contributed by atoms with Gasteiger partial charge in [0.05, 0.1) is 25.4 Å². The molecule has 0 aromatic carbocycles. The summed E-state index contributed by atoms with van der Waals surface area (Å²) < 4.78 is 5.48. The van der Waals surface area contributed by atoms with Crippen LogP contribution in [-0.4, -0.2) is 47.4 Å². The van der Waals surface area contributed by atoms with Crippen molar-refractivity contribution < 1.29 is 24.5 Å². The number of hydrogen-bond donors (Lipinski definition) is 3. The van der Waals surface area contributed by atoms with Crippen LogP contribution in [-0.2, 0) is 14.3 Å². The lowest BCUT2D eigenvalue weighted by molar-refractivity contribution is -0.143. The molecule has 0 spiro atoms. The molecule has 2 atom stereocenters. The molecule has 0 aromatic rings. The second-order valence-electron chi connectivity index (χ2n) is 19.6. The van der Waals surface area contributed by atoms with Crippen LogP contribution in [0.3, 0.4) is 0 Å². The van der Waals surface area contributed by atoms with Gasteiger partial charge in [-0.05, 0) is 83.5 Å². The summed E-state index contributed by atoms with van der Waals surface area (Å²) in [7, 11) is 0. The molecule has 0 bridgehead atoms. The van der Waals surface area contributed by atoms with Gasteiger partial charge in [-0.3, -0.25) is 9.59 Å². The molecular weight excluding hydrogens is 803 g/mol. The second-order valence-corrected chi connectivity index (χ2v) is 19.6. The van der Waals surface area contributed by atoms with E-state index in [4.69, 9.17) is 4.74 Å². The average molecular weight is 915 g/mol. The molecule has 0 aromatic heterocycles. The number of nitrogens with one attached hydrogen (secondary N) is 1. The number of amides is 1. The van der Waals surface area contributed by atoms with Gasteiger partial charge in [-0.1, -0.05) is 243 Å². The Morgan fingerprint density at radius 1 is 0.415 bits per heavy atom. The monoisotopic (exact) mass is 914 g/mol. The van der Waals surface area contributed by atoms with Crippen LogP contribution in [0.1, 0.15) is 303 Å². The summed E-state index contributed by atoms with van der Waals surface area (Å²) in [6.07, 6.45) is 67.4. The van der Waals surface area contributed by atoms with Crippen LogP contribution >= 0.6 is 0 Å². The van der Waals surface area contributed by atoms with Gasteiger partial charge in [0.15, 0.2) is 0 Å². The van der Waals surface area contributed by atoms with Crippen molar-refractivity contribution in [1.29, 1.82) is 0 Å². The minimum absolute atomic E-state index is 0.00114. The predicted octanol–water partition coefficient (Wildman–Crippen LogP) is 17.6. The van der Waals surface area contributed by atoms with Crippen molar-refractivity contribution in [2.45, 2.75) is 315 Å². The predicted molar refractivity (Wildman–Crippen MR) is 283 cm³/mol. The summed E-state index contributed by atoms with van der Waals surface area (Å²) in [5.41, 5.74) is 0. The maximum atomic E-state index is 12.4. The van der Waals surface area contributed by atoms with Crippen molar-refractivity contribution in [2.24, 2.45) is 0 Å². The van der Waals surface area contributed by atoms with E-state index in [2.05, 4.69) is 43.5 Å². The summed E-state index contributed by atoms with van der Waals surface area (Å²) in [5, 5.41) is 23.0. The molecule has 1 amide bonds. The van der Waals surface area contributed by atoms with Crippen LogP contribution in [0.2, 0.25) is 0 Å². The molecule has 65 heavy (non-hydrogen) atoms. The van der Waals surface area contributed by atoms with Gasteiger partial charge < -0.3 is 20.3 Å². The number of rotatable bonds is 53. The van der Waals surface area contributed by atoms with Gasteiger partial charge in [0.25, 0.3) is 0 Å². The van der Waals surface area contributed by atoms with Crippen LogP contribution in [0, 0.1) is 0 Å². The number of carbonyl (C=O) groups excluding carboxylic acids is 2. The van der Waals surface area contributed by atoms with Crippen molar-refractivity contribution in [1.82, 2.24) is 5.32 Å². The second kappa shape index (κ2) is 54.7. The third-order valence-corrected chi connectivity index (χ3v) is 13.1. The van der Waals surface area contributed by atoms with Crippen LogP contribution in [0.5, 0.6) is 0 Å². The molecule has 0 fully saturated rings. The van der Waals surface area contributed by atoms with E-state index in [-0.39, 0.29) is 18.5 Å². The lowest BCUT2D eigenvalue weighted by atomic mass is 10.1. The van der Waals surface area contributed by atoms with Crippen molar-refractivity contribution in [3.63, 3.8) is 0 Å². The number of aliphatic hydroxyl groups is 2. The van der Waals surface area contributed by atoms with Crippen LogP contribution in [0.4, 0.5) is 0 Å². The molecule has 6 heteroatoms. The van der Waals surface area contributed by atoms with Crippen LogP contribution in [0.25, 0.3) is 0 Å². The number of aliphatic hydroxyl groups excluding tert-OH is 2. The normalized spacial score (nSPS) is 12.9. The minimum atomic E-state index is -0.852. The Kier molecular flexibility index (Phi) is 53.1. The van der Waals surface area contributed by atoms with Gasteiger partial charge in [-0.15, -0.1) is 0 Å². The van der Waals surface area contributed by atoms with E-state index in [1.165, 1.54) is 218 Å². The molecule has 0 saturated heterocycles. The zero-order valence-electron chi connectivity index (χ0n) is 43.5. The Bertz CT molecular complexity index is 1060. The molecule has 0 aliphatic heterocycles. The SMILES string of the molecule is CCCCCCCCC/C=C\CCCCCCCCCC(=O)OCCCCCCCCCCC/C=C\CCCCCCCC(=O)NC(CO)C(O)/C=C/CCCCCCCCCCCC. The lowest BCUT2D eigenvalue weighted by Crippen LogP contribution is -2.45. The summed E-state index contributed by atoms with van der Waals surface area (Å²) in [4.78, 5) is 24.5. The standard InChI is InChI=1S/C59H111NO5/c1-3-5-7-9-11-13-15-17-18-19-23-26-29-33-37-41-45-49-53-59(64)65-54-50-46-42-38-34-30-27-24-21-20-22-25-28-32-36-40-44-48-52-58(63)60-56(55-61)57(62)51-47-43-39-35-31-16-14-12-10-8-6-4-2/h18-19,22,25,47,51,56-57,61-62H,3-17,20-21,23-24,26-46,48-50,52-55H2,1-2H3,(H,60,63)/b19-18-,25-22-,51-47+. The van der Waals surface area contributed by atoms with Gasteiger partial charge in [0.1, 0.15) is 0 Å². The minimum Gasteiger partial charge on any atom is -0.466 e. The van der Waals surface area contributed by atoms with Gasteiger partial charge in [0.2, 0.25) is 5.91 Å². The van der Waals surface area contributed by atoms with Crippen molar-refractivity contribution in [3.8, 4) is 0 Å². The number of carbonyl (C=O) groups is 2. The van der Waals surface area contributed by atoms with Crippen LogP contribution < -0.4 is 5.32 Å². The van der Waals surface area contributed by atoms with E-state index in [0.29, 0.717) is 19.4 Å². The van der Waals surface area contributed by atoms with Gasteiger partial charge in [-0.2, -0.15) is 0 Å². The summed E-state index contributed by atoms with van der Waals surface area (Å²) in [5.74, 6) is -0.0845. The topological polar surface area (TPSA) is 95.9 Å². The molecular formula is C59H111NO5. The Hall–Kier alpha value is -1.92. The number of ether oxygens (including phenoxy) is 1. The molecule has 6 nitrogen and oxygen atoms in total. The summed E-state index contributed by atoms with van der Waals surface area (Å²) in [6, 6.07) is -0.637. The molecule has 0 aliphatic rings. The van der Waals surface area contributed by atoms with Crippen molar-refractivity contribution >= 4 is 11.9 Å². The quantitative estimate of drug-likeness (QED) is 0.0321. The number of hydrogen-bond acceptors (Lipinski definition) is 5. The number of allylic oxidation sites excluding steroid dienone is 5. The van der Waals surface area contributed by atoms with Gasteiger partial charge >= 0.3 is 5.97 Å². The van der Waals surface area contributed by atoms with E-state index in [1.807, 2.05) is 6.08 Å². The maximum absolute atomic E-state index is 12.4. The van der Waals surface area contributed by atoms with Gasteiger partial charge in [-0.25, -0.2) is 0 Å². The fraction of sp³-hybridized carbons (Fsp3) is 0.864. The highest BCUT2D eigenvalue weighted by atomic mass is 16.5. The smallest absolute Gasteiger partial charge is 0.305 e. The molecule has 2 unspecified atom stereocenters. The molecule has 0 rings (SSSR count). The Morgan fingerprint density at radius 2 is 0.723 bits per heavy atom. The Balaban J connectivity index is 3.45. The Labute approximate surface area is 404 Å². The first kappa shape index (κ1) is 63.1. The van der Waals surface area contributed by atoms with Crippen molar-refractivity contribution in [2.75, 3.05) is 13.2 Å². The van der Waals surface area contributed by atoms with Crippen molar-refractivity contribution in [3.05, 3.63) is 36.5 Å². The van der Waals surface area contributed by atoms with E-state index < -0.39 is 12.1 Å². The number of esters is 1. The Morgan fingerprint density at radius 3 is 1.09 bits per heavy atom. The lowest BCUT2D eigenvalue weighted by Gasteiger charge is -2.20. The molecule has 3 N–H and O–H groups in total. The highest BCUT2D eigenvalue weighted by Gasteiger charge is 2.18. The maximum Gasteiger partial charge on any atom is 0.305 e. The van der Waals surface area contributed by atoms with E-state index in [0.717, 1.165) is 57.8 Å². The average Bonchev–Trinajstić information content (AvgIpc) is 3.31.